The number of hydrogen-bond donors (Lipinski definition) is 0. The Bertz CT molecular complexity index is 516. The summed E-state index contributed by atoms with van der Waals surface area (Å²) in [6.45, 7) is 2.10. The number of carbonyl (C=O) groups is 1. The third-order valence-electron chi connectivity index (χ3n) is 2.96. The molecule has 0 radical (unpaired) electrons. The number of ether oxygens (including phenoxy) is 2. The van der Waals surface area contributed by atoms with Crippen LogP contribution in [0.25, 0.3) is 0 Å². The average molecular weight is 257 g/mol. The van der Waals surface area contributed by atoms with Crippen LogP contribution < -0.4 is 0 Å². The van der Waals surface area contributed by atoms with Crippen molar-refractivity contribution in [1.29, 1.82) is 5.26 Å². The molecule has 4 heteroatoms. The van der Waals surface area contributed by atoms with E-state index in [0.29, 0.717) is 13.0 Å². The number of esters is 1. The Balaban J connectivity index is 2.20. The molecule has 0 N–H and O–H groups in total. The van der Waals surface area contributed by atoms with Crippen LogP contribution in [0.5, 0.6) is 0 Å². The van der Waals surface area contributed by atoms with Gasteiger partial charge in [0.1, 0.15) is 12.2 Å². The first kappa shape index (κ1) is 13.2. The van der Waals surface area contributed by atoms with Crippen LogP contribution in [0.1, 0.15) is 25.0 Å². The number of allylic oxidation sites excluding steroid dienone is 1. The first-order chi connectivity index (χ1) is 9.24. The highest BCUT2D eigenvalue weighted by molar-refractivity contribution is 5.75. The number of benzene rings is 1. The molecule has 0 saturated carbocycles. The maximum Gasteiger partial charge on any atom is 0.313 e. The molecular formula is C15H15NO3. The van der Waals surface area contributed by atoms with Gasteiger partial charge in [0.2, 0.25) is 0 Å². The predicted molar refractivity (Wildman–Crippen MR) is 68.7 cm³/mol. The molecule has 2 atom stereocenters. The molecule has 0 aromatic heterocycles. The summed E-state index contributed by atoms with van der Waals surface area (Å²) in [7, 11) is 0. The number of nitrogens with zero attached hydrogens (tertiary/aromatic N) is 1. The van der Waals surface area contributed by atoms with E-state index in [1.54, 1.807) is 6.92 Å². The summed E-state index contributed by atoms with van der Waals surface area (Å²) in [4.78, 5) is 11.8. The zero-order chi connectivity index (χ0) is 13.7. The van der Waals surface area contributed by atoms with Crippen LogP contribution in [0.2, 0.25) is 0 Å². The van der Waals surface area contributed by atoms with Crippen LogP contribution in [0.15, 0.2) is 42.2 Å². The predicted octanol–water partition coefficient (Wildman–Crippen LogP) is 2.73. The van der Waals surface area contributed by atoms with Gasteiger partial charge in [0.25, 0.3) is 0 Å². The molecule has 0 spiro atoms. The molecule has 1 aliphatic rings. The molecule has 0 bridgehead atoms. The maximum atomic E-state index is 11.8. The van der Waals surface area contributed by atoms with Gasteiger partial charge in [0.15, 0.2) is 5.76 Å². The van der Waals surface area contributed by atoms with Crippen molar-refractivity contribution in [2.24, 2.45) is 5.92 Å². The van der Waals surface area contributed by atoms with Crippen molar-refractivity contribution in [3.05, 3.63) is 47.7 Å². The SMILES string of the molecule is CCOC(=O)[C@@H]1C=C(C#N)O[C@H](c2ccccc2)C1. The van der Waals surface area contributed by atoms with Gasteiger partial charge in [0, 0.05) is 6.42 Å². The van der Waals surface area contributed by atoms with E-state index in [9.17, 15) is 4.79 Å². The number of rotatable bonds is 3. The van der Waals surface area contributed by atoms with Crippen LogP contribution in [0.3, 0.4) is 0 Å². The van der Waals surface area contributed by atoms with Gasteiger partial charge in [-0.1, -0.05) is 30.3 Å². The van der Waals surface area contributed by atoms with E-state index in [2.05, 4.69) is 0 Å². The van der Waals surface area contributed by atoms with E-state index in [-0.39, 0.29) is 17.8 Å². The van der Waals surface area contributed by atoms with Crippen molar-refractivity contribution >= 4 is 5.97 Å². The highest BCUT2D eigenvalue weighted by atomic mass is 16.5. The zero-order valence-electron chi connectivity index (χ0n) is 10.7. The van der Waals surface area contributed by atoms with Crippen LogP contribution in [-0.2, 0) is 14.3 Å². The first-order valence-electron chi connectivity index (χ1n) is 6.24. The highest BCUT2D eigenvalue weighted by Crippen LogP contribution is 2.33. The summed E-state index contributed by atoms with van der Waals surface area (Å²) in [5.41, 5.74) is 0.956. The molecule has 0 unspecified atom stereocenters. The van der Waals surface area contributed by atoms with Crippen molar-refractivity contribution in [3.8, 4) is 6.07 Å². The monoisotopic (exact) mass is 257 g/mol. The quantitative estimate of drug-likeness (QED) is 0.781. The number of carbonyl (C=O) groups excluding carboxylic acids is 1. The van der Waals surface area contributed by atoms with Crippen LogP contribution in [-0.4, -0.2) is 12.6 Å². The van der Waals surface area contributed by atoms with E-state index in [4.69, 9.17) is 14.7 Å². The maximum absolute atomic E-state index is 11.8. The van der Waals surface area contributed by atoms with Crippen molar-refractivity contribution < 1.29 is 14.3 Å². The third kappa shape index (κ3) is 3.14. The fraction of sp³-hybridized carbons (Fsp3) is 0.333. The molecule has 98 valence electrons. The molecule has 1 aliphatic heterocycles. The van der Waals surface area contributed by atoms with Crippen LogP contribution >= 0.6 is 0 Å². The molecule has 0 saturated heterocycles. The standard InChI is InChI=1S/C15H15NO3/c1-2-18-15(17)12-8-13(10-16)19-14(9-12)11-6-4-3-5-7-11/h3-8,12,14H,2,9H2,1H3/t12-,14+/m1/s1. The Morgan fingerprint density at radius 2 is 2.21 bits per heavy atom. The Hall–Kier alpha value is -2.28. The Labute approximate surface area is 112 Å². The van der Waals surface area contributed by atoms with Gasteiger partial charge in [-0.3, -0.25) is 4.79 Å². The minimum Gasteiger partial charge on any atom is -0.476 e. The third-order valence-corrected chi connectivity index (χ3v) is 2.96. The van der Waals surface area contributed by atoms with Crippen molar-refractivity contribution in [1.82, 2.24) is 0 Å². The van der Waals surface area contributed by atoms with E-state index in [1.807, 2.05) is 36.4 Å². The summed E-state index contributed by atoms with van der Waals surface area (Å²) < 4.78 is 10.6. The Morgan fingerprint density at radius 1 is 1.47 bits per heavy atom. The van der Waals surface area contributed by atoms with E-state index >= 15 is 0 Å². The molecular weight excluding hydrogens is 242 g/mol. The molecule has 0 aliphatic carbocycles. The summed E-state index contributed by atoms with van der Waals surface area (Å²) in [5, 5.41) is 8.99. The molecule has 19 heavy (non-hydrogen) atoms. The smallest absolute Gasteiger partial charge is 0.313 e. The lowest BCUT2D eigenvalue weighted by Crippen LogP contribution is -2.23. The Morgan fingerprint density at radius 3 is 2.84 bits per heavy atom. The second-order valence-corrected chi connectivity index (χ2v) is 4.25. The average Bonchev–Trinajstić information content (AvgIpc) is 2.48. The topological polar surface area (TPSA) is 59.3 Å². The molecule has 0 amide bonds. The van der Waals surface area contributed by atoms with Crippen LogP contribution in [0.4, 0.5) is 0 Å². The van der Waals surface area contributed by atoms with Crippen molar-refractivity contribution in [3.63, 3.8) is 0 Å². The first-order valence-corrected chi connectivity index (χ1v) is 6.24. The molecule has 2 rings (SSSR count). The van der Waals surface area contributed by atoms with Gasteiger partial charge >= 0.3 is 5.97 Å². The fourth-order valence-electron chi connectivity index (χ4n) is 2.07. The van der Waals surface area contributed by atoms with Gasteiger partial charge in [-0.25, -0.2) is 0 Å². The molecule has 1 aromatic rings. The largest absolute Gasteiger partial charge is 0.476 e. The minimum absolute atomic E-state index is 0.179. The van der Waals surface area contributed by atoms with Gasteiger partial charge < -0.3 is 9.47 Å². The zero-order valence-corrected chi connectivity index (χ0v) is 10.7. The second-order valence-electron chi connectivity index (χ2n) is 4.25. The van der Waals surface area contributed by atoms with E-state index < -0.39 is 5.92 Å². The lowest BCUT2D eigenvalue weighted by Gasteiger charge is -2.26. The lowest BCUT2D eigenvalue weighted by atomic mass is 9.94. The fourth-order valence-corrected chi connectivity index (χ4v) is 2.07. The minimum atomic E-state index is -0.423. The van der Waals surface area contributed by atoms with E-state index in [1.165, 1.54) is 6.08 Å². The second kappa shape index (κ2) is 6.05. The van der Waals surface area contributed by atoms with Crippen molar-refractivity contribution in [2.75, 3.05) is 6.61 Å². The summed E-state index contributed by atoms with van der Waals surface area (Å²) in [6, 6.07) is 11.5. The highest BCUT2D eigenvalue weighted by Gasteiger charge is 2.30. The number of nitriles is 1. The van der Waals surface area contributed by atoms with E-state index in [0.717, 1.165) is 5.56 Å². The summed E-state index contributed by atoms with van der Waals surface area (Å²) in [6.07, 6.45) is 1.75. The number of hydrogen-bond acceptors (Lipinski definition) is 4. The van der Waals surface area contributed by atoms with Gasteiger partial charge in [0.05, 0.1) is 12.5 Å². The van der Waals surface area contributed by atoms with Gasteiger partial charge in [-0.05, 0) is 18.6 Å². The normalized spacial score (nSPS) is 21.8. The molecule has 0 fully saturated rings. The lowest BCUT2D eigenvalue weighted by molar-refractivity contribution is -0.148. The van der Waals surface area contributed by atoms with Crippen LogP contribution in [0, 0.1) is 17.2 Å². The van der Waals surface area contributed by atoms with Crippen molar-refractivity contribution in [2.45, 2.75) is 19.4 Å². The summed E-state index contributed by atoms with van der Waals surface area (Å²) in [5.74, 6) is -0.550. The molecule has 1 heterocycles. The van der Waals surface area contributed by atoms with Gasteiger partial charge in [-0.15, -0.1) is 0 Å². The molecule has 1 aromatic carbocycles. The summed E-state index contributed by atoms with van der Waals surface area (Å²) >= 11 is 0. The molecule has 4 nitrogen and oxygen atoms in total. The Kier molecular flexibility index (Phi) is 4.19. The van der Waals surface area contributed by atoms with Gasteiger partial charge in [-0.2, -0.15) is 5.26 Å².